The lowest BCUT2D eigenvalue weighted by molar-refractivity contribution is 0.0697. The quantitative estimate of drug-likeness (QED) is 0.434. The number of thiazole rings is 1. The topological polar surface area (TPSA) is 67.3 Å². The number of carboxylic acid groups (broad SMARTS) is 1. The zero-order chi connectivity index (χ0) is 19.8. The number of ketones is 1. The largest absolute Gasteiger partial charge is 0.478 e. The lowest BCUT2D eigenvalue weighted by Gasteiger charge is -2.04. The van der Waals surface area contributed by atoms with Crippen molar-refractivity contribution in [1.82, 2.24) is 4.98 Å². The summed E-state index contributed by atoms with van der Waals surface area (Å²) in [7, 11) is 0. The fourth-order valence-electron chi connectivity index (χ4n) is 2.94. The second kappa shape index (κ2) is 7.26. The van der Waals surface area contributed by atoms with Gasteiger partial charge in [-0.15, -0.1) is 22.7 Å². The summed E-state index contributed by atoms with van der Waals surface area (Å²) >= 11 is 2.49. The van der Waals surface area contributed by atoms with Crippen molar-refractivity contribution in [2.75, 3.05) is 0 Å². The summed E-state index contributed by atoms with van der Waals surface area (Å²) in [6, 6.07) is 12.1. The van der Waals surface area contributed by atoms with Crippen LogP contribution in [0.25, 0.3) is 20.7 Å². The maximum absolute atomic E-state index is 13.9. The molecule has 2 aromatic heterocycles. The monoisotopic (exact) mass is 411 g/mol. The van der Waals surface area contributed by atoms with Crippen molar-refractivity contribution in [2.45, 2.75) is 13.3 Å². The van der Waals surface area contributed by atoms with Gasteiger partial charge in [0.05, 0.1) is 15.8 Å². The maximum Gasteiger partial charge on any atom is 0.337 e. The van der Waals surface area contributed by atoms with Gasteiger partial charge in [0, 0.05) is 11.3 Å². The number of hydrogen-bond acceptors (Lipinski definition) is 5. The van der Waals surface area contributed by atoms with Gasteiger partial charge in [-0.3, -0.25) is 4.79 Å². The summed E-state index contributed by atoms with van der Waals surface area (Å²) in [6.07, 6.45) is -0.0632. The van der Waals surface area contributed by atoms with Crippen LogP contribution in [-0.4, -0.2) is 21.8 Å². The van der Waals surface area contributed by atoms with Crippen LogP contribution in [-0.2, 0) is 6.42 Å². The number of carbonyl (C=O) groups excluding carboxylic acids is 1. The molecule has 28 heavy (non-hydrogen) atoms. The Morgan fingerprint density at radius 1 is 1.18 bits per heavy atom. The van der Waals surface area contributed by atoms with Gasteiger partial charge in [0.2, 0.25) is 0 Å². The number of rotatable bonds is 5. The molecule has 0 spiro atoms. The van der Waals surface area contributed by atoms with Gasteiger partial charge in [0.15, 0.2) is 10.8 Å². The van der Waals surface area contributed by atoms with E-state index in [9.17, 15) is 19.1 Å². The number of aromatic nitrogens is 1. The third-order valence-electron chi connectivity index (χ3n) is 4.40. The lowest BCUT2D eigenvalue weighted by Crippen LogP contribution is -2.07. The third kappa shape index (κ3) is 3.34. The summed E-state index contributed by atoms with van der Waals surface area (Å²) in [6.45, 7) is 1.65. The van der Waals surface area contributed by atoms with Crippen LogP contribution in [0.2, 0.25) is 0 Å². The average molecular weight is 411 g/mol. The van der Waals surface area contributed by atoms with E-state index in [2.05, 4.69) is 4.98 Å². The minimum atomic E-state index is -1.13. The minimum Gasteiger partial charge on any atom is -0.478 e. The number of fused-ring (bicyclic) bond motifs is 1. The highest BCUT2D eigenvalue weighted by atomic mass is 32.1. The number of benzene rings is 2. The molecule has 0 saturated heterocycles. The van der Waals surface area contributed by atoms with Gasteiger partial charge in [-0.05, 0) is 47.2 Å². The predicted molar refractivity (Wildman–Crippen MR) is 109 cm³/mol. The molecule has 0 unspecified atom stereocenters. The molecule has 7 heteroatoms. The van der Waals surface area contributed by atoms with Crippen molar-refractivity contribution in [2.24, 2.45) is 0 Å². The van der Waals surface area contributed by atoms with E-state index in [-0.39, 0.29) is 17.8 Å². The van der Waals surface area contributed by atoms with E-state index in [0.29, 0.717) is 26.6 Å². The van der Waals surface area contributed by atoms with Crippen LogP contribution >= 0.6 is 22.7 Å². The number of nitrogens with zero attached hydrogens (tertiary/aromatic N) is 1. The molecular formula is C21H14FNO3S2. The van der Waals surface area contributed by atoms with Gasteiger partial charge in [-0.25, -0.2) is 14.2 Å². The fourth-order valence-corrected chi connectivity index (χ4v) is 4.91. The van der Waals surface area contributed by atoms with Gasteiger partial charge >= 0.3 is 5.97 Å². The number of Topliss-reactive ketones (excluding diaryl/α,β-unsaturated/α-hetero) is 1. The zero-order valence-electron chi connectivity index (χ0n) is 14.7. The summed E-state index contributed by atoms with van der Waals surface area (Å²) in [5, 5.41) is 11.7. The SMILES string of the molecule is Cc1ccc(-c2scc(CC(=O)c3nc4ccccc4s3)c2C(=O)O)cc1F. The number of para-hydroxylation sites is 1. The van der Waals surface area contributed by atoms with Crippen molar-refractivity contribution >= 4 is 44.6 Å². The molecule has 0 radical (unpaired) electrons. The molecule has 0 aliphatic heterocycles. The molecule has 0 fully saturated rings. The maximum atomic E-state index is 13.9. The molecule has 0 aliphatic rings. The summed E-state index contributed by atoms with van der Waals surface area (Å²) in [4.78, 5) is 29.4. The van der Waals surface area contributed by atoms with Crippen LogP contribution in [0, 0.1) is 12.7 Å². The van der Waals surface area contributed by atoms with E-state index < -0.39 is 11.8 Å². The second-order valence-electron chi connectivity index (χ2n) is 6.32. The standard InChI is InChI=1S/C21H14FNO3S2/c1-11-6-7-12(8-14(11)22)19-18(21(25)26)13(10-27-19)9-16(24)20-23-15-4-2-3-5-17(15)28-20/h2-8,10H,9H2,1H3,(H,25,26). The molecule has 140 valence electrons. The highest BCUT2D eigenvalue weighted by Gasteiger charge is 2.23. The van der Waals surface area contributed by atoms with Crippen molar-refractivity contribution in [3.63, 3.8) is 0 Å². The van der Waals surface area contributed by atoms with E-state index in [4.69, 9.17) is 0 Å². The van der Waals surface area contributed by atoms with Crippen molar-refractivity contribution in [3.8, 4) is 10.4 Å². The lowest BCUT2D eigenvalue weighted by atomic mass is 10.0. The number of hydrogen-bond donors (Lipinski definition) is 1. The fraction of sp³-hybridized carbons (Fsp3) is 0.0952. The van der Waals surface area contributed by atoms with E-state index in [0.717, 1.165) is 10.2 Å². The number of carboxylic acids is 1. The third-order valence-corrected chi connectivity index (χ3v) is 6.55. The average Bonchev–Trinajstić information content (AvgIpc) is 3.28. The van der Waals surface area contributed by atoms with Gasteiger partial charge in [0.25, 0.3) is 0 Å². The molecule has 0 saturated carbocycles. The van der Waals surface area contributed by atoms with E-state index in [1.165, 1.54) is 28.7 Å². The molecule has 2 aromatic carbocycles. The molecule has 1 N–H and O–H groups in total. The first-order valence-corrected chi connectivity index (χ1v) is 10.1. The summed E-state index contributed by atoms with van der Waals surface area (Å²) in [5.74, 6) is -1.76. The van der Waals surface area contributed by atoms with Crippen LogP contribution in [0.1, 0.15) is 31.3 Å². The minimum absolute atomic E-state index is 0.0442. The Balaban J connectivity index is 1.69. The van der Waals surface area contributed by atoms with Gasteiger partial charge in [0.1, 0.15) is 5.82 Å². The van der Waals surface area contributed by atoms with E-state index in [1.54, 1.807) is 24.4 Å². The van der Waals surface area contributed by atoms with Crippen LogP contribution in [0.3, 0.4) is 0 Å². The Bertz CT molecular complexity index is 1190. The molecule has 4 aromatic rings. The summed E-state index contributed by atoms with van der Waals surface area (Å²) in [5.41, 5.74) is 2.18. The molecule has 0 atom stereocenters. The van der Waals surface area contributed by atoms with Crippen LogP contribution in [0.5, 0.6) is 0 Å². The van der Waals surface area contributed by atoms with Gasteiger partial charge in [-0.2, -0.15) is 0 Å². The Kier molecular flexibility index (Phi) is 4.78. The molecular weight excluding hydrogens is 397 g/mol. The number of aryl methyl sites for hydroxylation is 1. The van der Waals surface area contributed by atoms with Gasteiger partial charge in [-0.1, -0.05) is 24.3 Å². The predicted octanol–water partition coefficient (Wildman–Crippen LogP) is 5.60. The smallest absolute Gasteiger partial charge is 0.337 e. The molecule has 0 amide bonds. The first-order chi connectivity index (χ1) is 13.4. The Labute approximate surface area is 167 Å². The second-order valence-corrected chi connectivity index (χ2v) is 8.23. The number of carbonyl (C=O) groups is 2. The first kappa shape index (κ1) is 18.5. The van der Waals surface area contributed by atoms with Crippen LogP contribution in [0.4, 0.5) is 4.39 Å². The van der Waals surface area contributed by atoms with Crippen molar-refractivity contribution in [3.05, 3.63) is 75.4 Å². The first-order valence-electron chi connectivity index (χ1n) is 8.43. The Morgan fingerprint density at radius 3 is 2.68 bits per heavy atom. The van der Waals surface area contributed by atoms with E-state index in [1.807, 2.05) is 24.3 Å². The summed E-state index contributed by atoms with van der Waals surface area (Å²) < 4.78 is 14.8. The number of halogens is 1. The normalized spacial score (nSPS) is 11.1. The Hall–Kier alpha value is -2.90. The molecule has 2 heterocycles. The molecule has 4 rings (SSSR count). The molecule has 0 bridgehead atoms. The van der Waals surface area contributed by atoms with Crippen LogP contribution in [0.15, 0.2) is 47.8 Å². The van der Waals surface area contributed by atoms with Gasteiger partial charge < -0.3 is 5.11 Å². The van der Waals surface area contributed by atoms with Crippen LogP contribution < -0.4 is 0 Å². The Morgan fingerprint density at radius 2 is 1.96 bits per heavy atom. The number of aromatic carboxylic acids is 1. The van der Waals surface area contributed by atoms with Crippen molar-refractivity contribution < 1.29 is 19.1 Å². The molecule has 4 nitrogen and oxygen atoms in total. The zero-order valence-corrected chi connectivity index (χ0v) is 16.4. The highest BCUT2D eigenvalue weighted by Crippen LogP contribution is 2.35. The van der Waals surface area contributed by atoms with E-state index >= 15 is 0 Å². The number of thiophene rings is 1. The molecule has 0 aliphatic carbocycles. The van der Waals surface area contributed by atoms with Crippen molar-refractivity contribution in [1.29, 1.82) is 0 Å². The highest BCUT2D eigenvalue weighted by molar-refractivity contribution is 7.20.